The van der Waals surface area contributed by atoms with Crippen LogP contribution < -0.4 is 4.74 Å². The zero-order chi connectivity index (χ0) is 14.3. The van der Waals surface area contributed by atoms with Gasteiger partial charge < -0.3 is 9.84 Å². The van der Waals surface area contributed by atoms with Gasteiger partial charge in [-0.15, -0.1) is 0 Å². The van der Waals surface area contributed by atoms with E-state index in [0.29, 0.717) is 0 Å². The van der Waals surface area contributed by atoms with Crippen LogP contribution in [-0.2, 0) is 6.42 Å². The summed E-state index contributed by atoms with van der Waals surface area (Å²) >= 11 is 0. The molecule has 2 atom stereocenters. The summed E-state index contributed by atoms with van der Waals surface area (Å²) < 4.78 is 5.70. The molecule has 1 aliphatic rings. The maximum atomic E-state index is 10.6. The van der Waals surface area contributed by atoms with Gasteiger partial charge in [-0.05, 0) is 60.7 Å². The lowest BCUT2D eigenvalue weighted by atomic mass is 9.96. The Bertz CT molecular complexity index is 646. The van der Waals surface area contributed by atoms with Gasteiger partial charge in [0.25, 0.3) is 0 Å². The number of fused-ring (bicyclic) bond motifs is 1. The third kappa shape index (κ3) is 2.32. The molecular formula is C18H20O2. The molecule has 0 bridgehead atoms. The van der Waals surface area contributed by atoms with Crippen LogP contribution in [0.15, 0.2) is 36.4 Å². The number of benzene rings is 2. The molecule has 3 rings (SSSR count). The van der Waals surface area contributed by atoms with Gasteiger partial charge in [0, 0.05) is 6.42 Å². The number of rotatable bonds is 2. The van der Waals surface area contributed by atoms with Crippen LogP contribution >= 0.6 is 0 Å². The molecule has 0 amide bonds. The van der Waals surface area contributed by atoms with Gasteiger partial charge in [-0.1, -0.05) is 24.3 Å². The van der Waals surface area contributed by atoms with Gasteiger partial charge in [0.1, 0.15) is 18.0 Å². The zero-order valence-corrected chi connectivity index (χ0v) is 12.2. The van der Waals surface area contributed by atoms with Crippen molar-refractivity contribution in [2.75, 3.05) is 0 Å². The van der Waals surface area contributed by atoms with Crippen LogP contribution in [0.2, 0.25) is 0 Å². The first kappa shape index (κ1) is 13.2. The van der Waals surface area contributed by atoms with E-state index in [0.717, 1.165) is 23.3 Å². The predicted octanol–water partition coefficient (Wildman–Crippen LogP) is 3.71. The molecule has 0 saturated carbocycles. The second kappa shape index (κ2) is 4.95. The van der Waals surface area contributed by atoms with E-state index in [9.17, 15) is 5.11 Å². The molecule has 104 valence electrons. The standard InChI is InChI=1S/C18H20O2/c1-11-4-5-14(8-12(11)2)18(19)15-6-7-17-16(10-15)9-13(3)20-17/h4-8,10,13,18-19H,9H2,1-3H3. The highest BCUT2D eigenvalue weighted by Crippen LogP contribution is 2.33. The van der Waals surface area contributed by atoms with E-state index in [4.69, 9.17) is 4.74 Å². The highest BCUT2D eigenvalue weighted by molar-refractivity contribution is 5.44. The lowest BCUT2D eigenvalue weighted by Crippen LogP contribution is -2.05. The highest BCUT2D eigenvalue weighted by Gasteiger charge is 2.21. The zero-order valence-electron chi connectivity index (χ0n) is 12.2. The van der Waals surface area contributed by atoms with Gasteiger partial charge in [0.2, 0.25) is 0 Å². The maximum Gasteiger partial charge on any atom is 0.123 e. The van der Waals surface area contributed by atoms with Gasteiger partial charge in [-0.2, -0.15) is 0 Å². The lowest BCUT2D eigenvalue weighted by molar-refractivity contribution is 0.220. The second-order valence-corrected chi connectivity index (χ2v) is 5.75. The topological polar surface area (TPSA) is 29.5 Å². The van der Waals surface area contributed by atoms with Gasteiger partial charge >= 0.3 is 0 Å². The molecule has 0 spiro atoms. The molecule has 2 heteroatoms. The smallest absolute Gasteiger partial charge is 0.123 e. The molecule has 0 fully saturated rings. The molecular weight excluding hydrogens is 248 g/mol. The fourth-order valence-corrected chi connectivity index (χ4v) is 2.74. The van der Waals surface area contributed by atoms with Crippen molar-refractivity contribution in [1.29, 1.82) is 0 Å². The average Bonchev–Trinajstić information content (AvgIpc) is 2.80. The van der Waals surface area contributed by atoms with Crippen LogP contribution in [0.25, 0.3) is 0 Å². The van der Waals surface area contributed by atoms with Gasteiger partial charge in [-0.25, -0.2) is 0 Å². The fraction of sp³-hybridized carbons (Fsp3) is 0.333. The molecule has 2 aromatic rings. The monoisotopic (exact) mass is 268 g/mol. The molecule has 0 radical (unpaired) electrons. The minimum absolute atomic E-state index is 0.235. The Morgan fingerprint density at radius 3 is 2.50 bits per heavy atom. The van der Waals surface area contributed by atoms with Crippen molar-refractivity contribution in [2.24, 2.45) is 0 Å². The van der Waals surface area contributed by atoms with Crippen molar-refractivity contribution < 1.29 is 9.84 Å². The van der Waals surface area contributed by atoms with Gasteiger partial charge in [0.15, 0.2) is 0 Å². The Morgan fingerprint density at radius 1 is 1.05 bits per heavy atom. The quantitative estimate of drug-likeness (QED) is 0.899. The van der Waals surface area contributed by atoms with Crippen molar-refractivity contribution in [3.63, 3.8) is 0 Å². The van der Waals surface area contributed by atoms with Crippen LogP contribution in [-0.4, -0.2) is 11.2 Å². The van der Waals surface area contributed by atoms with E-state index < -0.39 is 6.10 Å². The Labute approximate surface area is 120 Å². The van der Waals surface area contributed by atoms with Crippen molar-refractivity contribution >= 4 is 0 Å². The normalized spacial score (nSPS) is 18.5. The second-order valence-electron chi connectivity index (χ2n) is 5.75. The van der Waals surface area contributed by atoms with Crippen molar-refractivity contribution in [3.8, 4) is 5.75 Å². The fourth-order valence-electron chi connectivity index (χ4n) is 2.74. The van der Waals surface area contributed by atoms with E-state index in [2.05, 4.69) is 39.0 Å². The molecule has 0 saturated heterocycles. The molecule has 1 aliphatic heterocycles. The van der Waals surface area contributed by atoms with E-state index in [1.54, 1.807) is 0 Å². The lowest BCUT2D eigenvalue weighted by Gasteiger charge is -2.14. The van der Waals surface area contributed by atoms with Crippen LogP contribution in [0, 0.1) is 13.8 Å². The maximum absolute atomic E-state index is 10.6. The van der Waals surface area contributed by atoms with Gasteiger partial charge in [0.05, 0.1) is 0 Å². The minimum atomic E-state index is -0.574. The summed E-state index contributed by atoms with van der Waals surface area (Å²) in [5, 5.41) is 10.6. The number of aliphatic hydroxyl groups excluding tert-OH is 1. The molecule has 2 aromatic carbocycles. The third-order valence-electron chi connectivity index (χ3n) is 4.08. The first-order chi connectivity index (χ1) is 9.54. The van der Waals surface area contributed by atoms with Crippen molar-refractivity contribution in [2.45, 2.75) is 39.4 Å². The number of hydrogen-bond donors (Lipinski definition) is 1. The minimum Gasteiger partial charge on any atom is -0.490 e. The summed E-state index contributed by atoms with van der Waals surface area (Å²) in [6.07, 6.45) is 0.581. The van der Waals surface area contributed by atoms with E-state index >= 15 is 0 Å². The molecule has 20 heavy (non-hydrogen) atoms. The largest absolute Gasteiger partial charge is 0.490 e. The summed E-state index contributed by atoms with van der Waals surface area (Å²) in [4.78, 5) is 0. The number of aliphatic hydroxyl groups is 1. The summed E-state index contributed by atoms with van der Waals surface area (Å²) in [5.74, 6) is 0.952. The highest BCUT2D eigenvalue weighted by atomic mass is 16.5. The van der Waals surface area contributed by atoms with E-state index in [1.807, 2.05) is 18.2 Å². The summed E-state index contributed by atoms with van der Waals surface area (Å²) in [6.45, 7) is 6.23. The number of aryl methyl sites for hydroxylation is 2. The Kier molecular flexibility index (Phi) is 3.27. The molecule has 2 nitrogen and oxygen atoms in total. The summed E-state index contributed by atoms with van der Waals surface area (Å²) in [6, 6.07) is 12.1. The number of hydrogen-bond acceptors (Lipinski definition) is 2. The van der Waals surface area contributed by atoms with Crippen LogP contribution in [0.3, 0.4) is 0 Å². The summed E-state index contributed by atoms with van der Waals surface area (Å²) in [7, 11) is 0. The molecule has 0 aromatic heterocycles. The SMILES string of the molecule is Cc1ccc(C(O)c2ccc3c(c2)CC(C)O3)cc1C. The Morgan fingerprint density at radius 2 is 1.75 bits per heavy atom. The first-order valence-electron chi connectivity index (χ1n) is 7.09. The van der Waals surface area contributed by atoms with Gasteiger partial charge in [-0.3, -0.25) is 0 Å². The van der Waals surface area contributed by atoms with Crippen molar-refractivity contribution in [1.82, 2.24) is 0 Å². The van der Waals surface area contributed by atoms with Crippen LogP contribution in [0.5, 0.6) is 5.75 Å². The molecule has 1 heterocycles. The van der Waals surface area contributed by atoms with E-state index in [-0.39, 0.29) is 6.10 Å². The van der Waals surface area contributed by atoms with Crippen molar-refractivity contribution in [3.05, 3.63) is 64.2 Å². The molecule has 1 N–H and O–H groups in total. The molecule has 0 aliphatic carbocycles. The Balaban J connectivity index is 1.93. The third-order valence-corrected chi connectivity index (χ3v) is 4.08. The Hall–Kier alpha value is -1.80. The summed E-state index contributed by atoms with van der Waals surface area (Å²) in [5.41, 5.74) is 5.53. The van der Waals surface area contributed by atoms with Crippen LogP contribution in [0.1, 0.15) is 40.8 Å². The molecule has 2 unspecified atom stereocenters. The van der Waals surface area contributed by atoms with Crippen LogP contribution in [0.4, 0.5) is 0 Å². The number of ether oxygens (including phenoxy) is 1. The first-order valence-corrected chi connectivity index (χ1v) is 7.09. The predicted molar refractivity (Wildman–Crippen MR) is 80.2 cm³/mol. The van der Waals surface area contributed by atoms with E-state index in [1.165, 1.54) is 16.7 Å². The average molecular weight is 268 g/mol.